The van der Waals surface area contributed by atoms with E-state index in [1.54, 1.807) is 53.6 Å². The SMILES string of the molecule is CC1(C)COCCN1C(=O)c1ccc(-c2cc(C(F)(F)F)c3sc(CCC(=O)/C=C/c4ccc(N)nc4)cc3c2)nc1. The molecule has 0 spiro atoms. The third kappa shape index (κ3) is 6.52. The maximum atomic E-state index is 14.1. The van der Waals surface area contributed by atoms with Crippen molar-refractivity contribution in [2.45, 2.75) is 38.4 Å². The van der Waals surface area contributed by atoms with Gasteiger partial charge in [0.05, 0.1) is 35.6 Å². The molecule has 2 N–H and O–H groups in total. The Kier molecular flexibility index (Phi) is 8.16. The van der Waals surface area contributed by atoms with Gasteiger partial charge in [0.2, 0.25) is 0 Å². The number of amides is 1. The Hall–Kier alpha value is -4.09. The standard InChI is InChI=1S/C31H29F3N4O3S/c1-30(2)18-41-12-11-38(30)29(40)20-5-9-26(36-17-20)21-13-22-14-24(42-28(22)25(15-21)31(32,33)34)8-7-23(39)6-3-19-4-10-27(35)37-16-19/h3-6,9-10,13-17H,7-8,11-12,18H2,1-2H3,(H2,35,37)/b6-3+. The highest BCUT2D eigenvalue weighted by Gasteiger charge is 2.35. The summed E-state index contributed by atoms with van der Waals surface area (Å²) in [7, 11) is 0. The summed E-state index contributed by atoms with van der Waals surface area (Å²) in [4.78, 5) is 36.2. The molecule has 1 aliphatic rings. The Labute approximate surface area is 244 Å². The van der Waals surface area contributed by atoms with E-state index in [0.717, 1.165) is 23.0 Å². The number of aromatic nitrogens is 2. The first kappa shape index (κ1) is 29.4. The van der Waals surface area contributed by atoms with Gasteiger partial charge in [-0.15, -0.1) is 11.3 Å². The lowest BCUT2D eigenvalue weighted by molar-refractivity contribution is -0.136. The van der Waals surface area contributed by atoms with Crippen molar-refractivity contribution in [3.8, 4) is 11.3 Å². The molecule has 0 aliphatic carbocycles. The molecule has 218 valence electrons. The van der Waals surface area contributed by atoms with Crippen molar-refractivity contribution in [1.29, 1.82) is 0 Å². The van der Waals surface area contributed by atoms with Crippen molar-refractivity contribution in [3.05, 3.63) is 82.5 Å². The van der Waals surface area contributed by atoms with Crippen LogP contribution in [0.4, 0.5) is 19.0 Å². The van der Waals surface area contributed by atoms with Gasteiger partial charge in [-0.1, -0.05) is 0 Å². The summed E-state index contributed by atoms with van der Waals surface area (Å²) in [5, 5.41) is 0.424. The number of alkyl halides is 3. The van der Waals surface area contributed by atoms with Gasteiger partial charge in [-0.25, -0.2) is 4.98 Å². The van der Waals surface area contributed by atoms with Gasteiger partial charge in [-0.2, -0.15) is 13.2 Å². The molecule has 0 radical (unpaired) electrons. The lowest BCUT2D eigenvalue weighted by Gasteiger charge is -2.42. The Morgan fingerprint density at radius 2 is 1.93 bits per heavy atom. The zero-order chi connectivity index (χ0) is 30.1. The van der Waals surface area contributed by atoms with Gasteiger partial charge in [0.1, 0.15) is 5.82 Å². The lowest BCUT2D eigenvalue weighted by atomic mass is 10.0. The van der Waals surface area contributed by atoms with Gasteiger partial charge in [0.25, 0.3) is 5.91 Å². The molecule has 1 aromatic carbocycles. The summed E-state index contributed by atoms with van der Waals surface area (Å²) in [5.74, 6) is 0.0199. The fourth-order valence-corrected chi connectivity index (χ4v) is 5.98. The fourth-order valence-electron chi connectivity index (χ4n) is 4.80. The predicted molar refractivity (Wildman–Crippen MR) is 157 cm³/mol. The van der Waals surface area contributed by atoms with Crippen LogP contribution in [0.5, 0.6) is 0 Å². The number of carbonyl (C=O) groups excluding carboxylic acids is 2. The topological polar surface area (TPSA) is 98.4 Å². The van der Waals surface area contributed by atoms with E-state index in [4.69, 9.17) is 10.5 Å². The molecule has 3 aromatic heterocycles. The highest BCUT2D eigenvalue weighted by molar-refractivity contribution is 7.19. The summed E-state index contributed by atoms with van der Waals surface area (Å²) in [6.07, 6.45) is 1.88. The summed E-state index contributed by atoms with van der Waals surface area (Å²) in [6, 6.07) is 11.0. The quantitative estimate of drug-likeness (QED) is 0.248. The average Bonchev–Trinajstić information content (AvgIpc) is 3.37. The number of aryl methyl sites for hydroxylation is 1. The lowest BCUT2D eigenvalue weighted by Crippen LogP contribution is -2.55. The first-order chi connectivity index (χ1) is 19.9. The van der Waals surface area contributed by atoms with E-state index >= 15 is 0 Å². The number of fused-ring (bicyclic) bond motifs is 1. The highest BCUT2D eigenvalue weighted by atomic mass is 32.1. The number of carbonyl (C=O) groups is 2. The van der Waals surface area contributed by atoms with Crippen LogP contribution in [0.2, 0.25) is 0 Å². The van der Waals surface area contributed by atoms with E-state index < -0.39 is 17.3 Å². The second-order valence-corrected chi connectivity index (χ2v) is 11.9. The minimum Gasteiger partial charge on any atom is -0.384 e. The van der Waals surface area contributed by atoms with Crippen LogP contribution in [0.25, 0.3) is 27.4 Å². The third-order valence-electron chi connectivity index (χ3n) is 7.06. The molecule has 1 aliphatic heterocycles. The van der Waals surface area contributed by atoms with E-state index in [2.05, 4.69) is 9.97 Å². The number of benzene rings is 1. The molecule has 1 amide bonds. The monoisotopic (exact) mass is 594 g/mol. The molecule has 4 aromatic rings. The van der Waals surface area contributed by atoms with Gasteiger partial charge in [-0.3, -0.25) is 14.6 Å². The van der Waals surface area contributed by atoms with Crippen LogP contribution < -0.4 is 5.73 Å². The molecule has 1 saturated heterocycles. The molecule has 0 saturated carbocycles. The Bertz CT molecular complexity index is 1650. The Balaban J connectivity index is 1.36. The number of nitrogen functional groups attached to an aromatic ring is 1. The van der Waals surface area contributed by atoms with E-state index in [0.29, 0.717) is 59.1 Å². The number of ether oxygens (including phenoxy) is 1. The minimum absolute atomic E-state index is 0.110. The van der Waals surface area contributed by atoms with Crippen molar-refractivity contribution >= 4 is 45.0 Å². The van der Waals surface area contributed by atoms with Crippen LogP contribution in [-0.2, 0) is 22.1 Å². The van der Waals surface area contributed by atoms with E-state index in [1.807, 2.05) is 13.8 Å². The summed E-state index contributed by atoms with van der Waals surface area (Å²) < 4.78 is 48.0. The third-order valence-corrected chi connectivity index (χ3v) is 8.30. The fraction of sp³-hybridized carbons (Fsp3) is 0.290. The molecule has 4 heterocycles. The van der Waals surface area contributed by atoms with Crippen molar-refractivity contribution < 1.29 is 27.5 Å². The van der Waals surface area contributed by atoms with E-state index in [-0.39, 0.29) is 22.8 Å². The van der Waals surface area contributed by atoms with Crippen molar-refractivity contribution in [1.82, 2.24) is 14.9 Å². The maximum Gasteiger partial charge on any atom is 0.417 e. The number of ketones is 1. The number of hydrogen-bond acceptors (Lipinski definition) is 7. The normalized spacial score (nSPS) is 15.4. The molecule has 5 rings (SSSR count). The van der Waals surface area contributed by atoms with Gasteiger partial charge < -0.3 is 15.4 Å². The number of nitrogens with two attached hydrogens (primary N) is 1. The number of pyridine rings is 2. The summed E-state index contributed by atoms with van der Waals surface area (Å²) in [6.45, 7) is 5.14. The summed E-state index contributed by atoms with van der Waals surface area (Å²) in [5.41, 5.74) is 6.02. The van der Waals surface area contributed by atoms with Crippen molar-refractivity contribution in [2.75, 3.05) is 25.5 Å². The number of nitrogens with zero attached hydrogens (tertiary/aromatic N) is 3. The molecular weight excluding hydrogens is 565 g/mol. The number of anilines is 1. The Morgan fingerprint density at radius 1 is 1.12 bits per heavy atom. The zero-order valence-electron chi connectivity index (χ0n) is 23.1. The first-order valence-corrected chi connectivity index (χ1v) is 14.1. The largest absolute Gasteiger partial charge is 0.417 e. The minimum atomic E-state index is -4.58. The van der Waals surface area contributed by atoms with Gasteiger partial charge >= 0.3 is 6.18 Å². The zero-order valence-corrected chi connectivity index (χ0v) is 23.9. The first-order valence-electron chi connectivity index (χ1n) is 13.3. The van der Waals surface area contributed by atoms with Gasteiger partial charge in [0.15, 0.2) is 5.78 Å². The van der Waals surface area contributed by atoms with Crippen LogP contribution in [-0.4, -0.2) is 51.9 Å². The average molecular weight is 595 g/mol. The molecular formula is C31H29F3N4O3S. The van der Waals surface area contributed by atoms with Gasteiger partial charge in [-0.05, 0) is 85.8 Å². The van der Waals surface area contributed by atoms with Crippen LogP contribution in [0.3, 0.4) is 0 Å². The van der Waals surface area contributed by atoms with Gasteiger partial charge in [0, 0.05) is 40.5 Å². The molecule has 0 unspecified atom stereocenters. The van der Waals surface area contributed by atoms with Crippen LogP contribution in [0.1, 0.15) is 46.6 Å². The number of rotatable bonds is 7. The maximum absolute atomic E-state index is 14.1. The summed E-state index contributed by atoms with van der Waals surface area (Å²) >= 11 is 1.03. The second-order valence-electron chi connectivity index (χ2n) is 10.7. The molecule has 7 nitrogen and oxygen atoms in total. The van der Waals surface area contributed by atoms with Crippen LogP contribution in [0.15, 0.2) is 60.9 Å². The highest BCUT2D eigenvalue weighted by Crippen LogP contribution is 2.41. The Morgan fingerprint density at radius 3 is 2.60 bits per heavy atom. The number of allylic oxidation sites excluding steroid dienone is 1. The van der Waals surface area contributed by atoms with Crippen LogP contribution >= 0.6 is 11.3 Å². The second kappa shape index (κ2) is 11.7. The van der Waals surface area contributed by atoms with E-state index in [1.165, 1.54) is 12.3 Å². The van der Waals surface area contributed by atoms with Crippen LogP contribution in [0, 0.1) is 0 Å². The van der Waals surface area contributed by atoms with Crippen molar-refractivity contribution in [3.63, 3.8) is 0 Å². The smallest absolute Gasteiger partial charge is 0.384 e. The molecule has 1 fully saturated rings. The number of thiophene rings is 1. The van der Waals surface area contributed by atoms with Crippen molar-refractivity contribution in [2.24, 2.45) is 0 Å². The molecule has 11 heteroatoms. The van der Waals surface area contributed by atoms with E-state index in [9.17, 15) is 22.8 Å². The predicted octanol–water partition coefficient (Wildman–Crippen LogP) is 6.43. The molecule has 0 bridgehead atoms. The number of hydrogen-bond donors (Lipinski definition) is 1. The number of morpholine rings is 1. The molecule has 0 atom stereocenters. The number of halogens is 3. The molecule has 42 heavy (non-hydrogen) atoms.